The van der Waals surface area contributed by atoms with Crippen molar-refractivity contribution in [1.82, 2.24) is 0 Å². The number of hydrogen-bond acceptors (Lipinski definition) is 4. The number of aryl methyl sites for hydroxylation is 6. The monoisotopic (exact) mass is 704 g/mol. The van der Waals surface area contributed by atoms with Crippen molar-refractivity contribution < 1.29 is 18.4 Å². The highest BCUT2D eigenvalue weighted by Crippen LogP contribution is 2.47. The maximum atomic E-state index is 12.1. The summed E-state index contributed by atoms with van der Waals surface area (Å²) in [6.07, 6.45) is 12.4. The molecule has 0 aliphatic heterocycles. The summed E-state index contributed by atoms with van der Waals surface area (Å²) >= 11 is 0. The van der Waals surface area contributed by atoms with Gasteiger partial charge in [0.15, 0.2) is 5.78 Å². The van der Waals surface area contributed by atoms with E-state index in [4.69, 9.17) is 13.6 Å². The minimum atomic E-state index is -1.92. The fourth-order valence-corrected chi connectivity index (χ4v) is 8.21. The Hall–Kier alpha value is -3.88. The number of carbonyl (C=O) groups is 1. The Bertz CT molecular complexity index is 1820. The largest absolute Gasteiger partial charge is 0.530 e. The van der Waals surface area contributed by atoms with E-state index in [0.717, 1.165) is 99.7 Å². The van der Waals surface area contributed by atoms with Crippen LogP contribution in [0.3, 0.4) is 0 Å². The van der Waals surface area contributed by atoms with Crippen LogP contribution in [0.2, 0.25) is 0 Å². The first kappa shape index (κ1) is 38.4. The molecule has 0 spiro atoms. The van der Waals surface area contributed by atoms with E-state index in [1.807, 2.05) is 12.1 Å². The van der Waals surface area contributed by atoms with Gasteiger partial charge in [-0.15, -0.1) is 0 Å². The third-order valence-electron chi connectivity index (χ3n) is 9.50. The number of Topliss-reactive ketones (excluding diaryl/α,β-unsaturated/α-hetero) is 1. The molecule has 5 heteroatoms. The van der Waals surface area contributed by atoms with Crippen molar-refractivity contribution in [2.75, 3.05) is 0 Å². The predicted molar refractivity (Wildman–Crippen MR) is 217 cm³/mol. The molecule has 51 heavy (non-hydrogen) atoms. The van der Waals surface area contributed by atoms with Crippen LogP contribution in [-0.2, 0) is 38.5 Å². The Balaban J connectivity index is 1.63. The van der Waals surface area contributed by atoms with Gasteiger partial charge in [-0.1, -0.05) is 104 Å². The van der Waals surface area contributed by atoms with Crippen molar-refractivity contribution in [1.29, 1.82) is 0 Å². The summed E-state index contributed by atoms with van der Waals surface area (Å²) in [6, 6.07) is 25.9. The number of rotatable bonds is 19. The van der Waals surface area contributed by atoms with E-state index in [-0.39, 0.29) is 5.78 Å². The van der Waals surface area contributed by atoms with Gasteiger partial charge in [0.25, 0.3) is 0 Å². The predicted octanol–water partition coefficient (Wildman–Crippen LogP) is 13.7. The topological polar surface area (TPSA) is 44.8 Å². The van der Waals surface area contributed by atoms with Gasteiger partial charge < -0.3 is 13.6 Å². The lowest BCUT2D eigenvalue weighted by Gasteiger charge is -2.23. The average Bonchev–Trinajstić information content (AvgIpc) is 3.10. The highest BCUT2D eigenvalue weighted by atomic mass is 31.2. The summed E-state index contributed by atoms with van der Waals surface area (Å²) in [5.41, 5.74) is 8.49. The van der Waals surface area contributed by atoms with Crippen molar-refractivity contribution in [2.24, 2.45) is 0 Å². The molecule has 0 N–H and O–H groups in total. The number of hydrogen-bond donors (Lipinski definition) is 0. The van der Waals surface area contributed by atoms with Crippen molar-refractivity contribution in [3.05, 3.63) is 112 Å². The zero-order valence-electron chi connectivity index (χ0n) is 32.0. The van der Waals surface area contributed by atoms with Gasteiger partial charge in [0.05, 0.1) is 0 Å². The van der Waals surface area contributed by atoms with Crippen LogP contribution < -0.4 is 13.6 Å². The molecule has 0 aliphatic rings. The van der Waals surface area contributed by atoms with Crippen molar-refractivity contribution >= 4 is 35.9 Å². The summed E-state index contributed by atoms with van der Waals surface area (Å²) < 4.78 is 20.5. The van der Waals surface area contributed by atoms with Crippen LogP contribution in [0.15, 0.2) is 72.8 Å². The minimum absolute atomic E-state index is 0.0204. The Morgan fingerprint density at radius 2 is 0.902 bits per heavy atom. The Labute approximate surface area is 307 Å². The molecule has 5 aromatic carbocycles. The number of benzene rings is 5. The van der Waals surface area contributed by atoms with Gasteiger partial charge >= 0.3 is 8.60 Å². The van der Waals surface area contributed by atoms with E-state index in [9.17, 15) is 4.79 Å². The molecule has 0 aromatic heterocycles. The molecular formula is C46H57O4P. The van der Waals surface area contributed by atoms with Crippen LogP contribution in [-0.4, -0.2) is 5.78 Å². The van der Waals surface area contributed by atoms with Crippen LogP contribution in [0.4, 0.5) is 0 Å². The van der Waals surface area contributed by atoms with Crippen LogP contribution in [0.1, 0.15) is 131 Å². The third kappa shape index (κ3) is 9.72. The SMILES string of the molecule is CCCc1cc(CCC)c2cc(OP(Oc3ccc(C(C)=O)cc3)Oc3cc4c(CCC)cc(CCC)cc4cc3CCC)c(CCC)cc2c1. The van der Waals surface area contributed by atoms with Crippen LogP contribution in [0, 0.1) is 0 Å². The minimum Gasteiger partial charge on any atom is -0.409 e. The number of fused-ring (bicyclic) bond motifs is 2. The van der Waals surface area contributed by atoms with Gasteiger partial charge in [-0.05, 0) is 149 Å². The van der Waals surface area contributed by atoms with E-state index < -0.39 is 8.60 Å². The van der Waals surface area contributed by atoms with Gasteiger partial charge in [-0.2, -0.15) is 0 Å². The lowest BCUT2D eigenvalue weighted by atomic mass is 9.94. The van der Waals surface area contributed by atoms with Crippen molar-refractivity contribution in [3.63, 3.8) is 0 Å². The van der Waals surface area contributed by atoms with Crippen molar-refractivity contribution in [3.8, 4) is 17.2 Å². The molecule has 0 amide bonds. The Morgan fingerprint density at radius 1 is 0.490 bits per heavy atom. The second-order valence-corrected chi connectivity index (χ2v) is 14.9. The first-order chi connectivity index (χ1) is 24.8. The van der Waals surface area contributed by atoms with Gasteiger partial charge in [-0.25, -0.2) is 0 Å². The van der Waals surface area contributed by atoms with Gasteiger partial charge in [0, 0.05) is 5.56 Å². The van der Waals surface area contributed by atoms with E-state index in [1.54, 1.807) is 19.1 Å². The quantitative estimate of drug-likeness (QED) is 0.0634. The summed E-state index contributed by atoms with van der Waals surface area (Å²) in [5.74, 6) is 2.25. The first-order valence-corrected chi connectivity index (χ1v) is 20.5. The molecule has 0 unspecified atom stereocenters. The van der Waals surface area contributed by atoms with Crippen LogP contribution >= 0.6 is 8.60 Å². The Kier molecular flexibility index (Phi) is 14.0. The molecule has 0 saturated carbocycles. The zero-order valence-corrected chi connectivity index (χ0v) is 32.9. The normalized spacial score (nSPS) is 11.5. The molecule has 0 bridgehead atoms. The smallest absolute Gasteiger partial charge is 0.409 e. The summed E-state index contributed by atoms with van der Waals surface area (Å²) in [7, 11) is -1.92. The number of ketones is 1. The molecule has 0 radical (unpaired) electrons. The van der Waals surface area contributed by atoms with Crippen molar-refractivity contribution in [2.45, 2.75) is 126 Å². The fraction of sp³-hybridized carbons (Fsp3) is 0.413. The highest BCUT2D eigenvalue weighted by Gasteiger charge is 2.25. The van der Waals surface area contributed by atoms with E-state index in [1.165, 1.54) is 43.8 Å². The molecule has 0 atom stereocenters. The summed E-state index contributed by atoms with van der Waals surface area (Å²) in [6.45, 7) is 15.0. The molecule has 270 valence electrons. The molecule has 4 nitrogen and oxygen atoms in total. The van der Waals surface area contributed by atoms with Gasteiger partial charge in [-0.3, -0.25) is 4.79 Å². The van der Waals surface area contributed by atoms with Gasteiger partial charge in [0.1, 0.15) is 17.2 Å². The summed E-state index contributed by atoms with van der Waals surface area (Å²) in [4.78, 5) is 12.1. The zero-order chi connectivity index (χ0) is 36.3. The molecular weight excluding hydrogens is 647 g/mol. The number of carbonyl (C=O) groups excluding carboxylic acids is 1. The lowest BCUT2D eigenvalue weighted by Crippen LogP contribution is -2.06. The molecule has 5 aromatic rings. The van der Waals surface area contributed by atoms with Crippen LogP contribution in [0.25, 0.3) is 21.5 Å². The van der Waals surface area contributed by atoms with E-state index >= 15 is 0 Å². The highest BCUT2D eigenvalue weighted by molar-refractivity contribution is 7.43. The molecule has 0 fully saturated rings. The maximum Gasteiger partial charge on any atom is 0.530 e. The first-order valence-electron chi connectivity index (χ1n) is 19.4. The lowest BCUT2D eigenvalue weighted by molar-refractivity contribution is 0.101. The van der Waals surface area contributed by atoms with Gasteiger partial charge in [0.2, 0.25) is 0 Å². The average molecular weight is 705 g/mol. The fourth-order valence-electron chi connectivity index (χ4n) is 7.14. The second kappa shape index (κ2) is 18.6. The maximum absolute atomic E-state index is 12.1. The summed E-state index contributed by atoms with van der Waals surface area (Å²) in [5, 5.41) is 5.02. The third-order valence-corrected chi connectivity index (χ3v) is 10.6. The second-order valence-electron chi connectivity index (χ2n) is 14.0. The standard InChI is InChI=1S/C46H57O4P/c1-8-14-33-24-36(16-10-3)43-30-45(38(18-12-5)28-40(43)26-33)49-51(48-42-22-20-35(21-23-42)32(7)47)50-46-31-44-37(17-11-4)25-34(15-9-2)27-41(44)29-39(46)19-13-6/h20-31H,8-19H2,1-7H3. The Morgan fingerprint density at radius 3 is 1.29 bits per heavy atom. The molecule has 5 rings (SSSR count). The molecule has 0 aliphatic carbocycles. The molecule has 0 heterocycles. The molecule has 0 saturated heterocycles. The van der Waals surface area contributed by atoms with E-state index in [0.29, 0.717) is 11.3 Å². The van der Waals surface area contributed by atoms with Crippen LogP contribution in [0.5, 0.6) is 17.2 Å². The van der Waals surface area contributed by atoms with E-state index in [2.05, 4.69) is 90.1 Å².